The lowest BCUT2D eigenvalue weighted by molar-refractivity contribution is -0.0154. The SMILES string of the molecule is OCC1(CNCc2cc(F)c(F)c(F)c2)CCOCC1. The van der Waals surface area contributed by atoms with Crippen LogP contribution in [-0.4, -0.2) is 31.5 Å². The smallest absolute Gasteiger partial charge is 0.194 e. The summed E-state index contributed by atoms with van der Waals surface area (Å²) in [5, 5.41) is 12.6. The molecule has 0 aliphatic carbocycles. The number of halogens is 3. The normalized spacial score (nSPS) is 18.2. The first-order valence-corrected chi connectivity index (χ1v) is 6.59. The summed E-state index contributed by atoms with van der Waals surface area (Å²) in [4.78, 5) is 0. The Balaban J connectivity index is 1.92. The van der Waals surface area contributed by atoms with Crippen LogP contribution >= 0.6 is 0 Å². The summed E-state index contributed by atoms with van der Waals surface area (Å²) < 4.78 is 44.2. The van der Waals surface area contributed by atoms with Gasteiger partial charge in [-0.25, -0.2) is 13.2 Å². The first kappa shape index (κ1) is 15.3. The maximum atomic E-state index is 13.1. The van der Waals surface area contributed by atoms with Gasteiger partial charge in [0.05, 0.1) is 6.61 Å². The third-order valence-electron chi connectivity index (χ3n) is 3.76. The molecule has 1 saturated heterocycles. The molecule has 0 spiro atoms. The molecule has 0 radical (unpaired) electrons. The second kappa shape index (κ2) is 6.56. The van der Waals surface area contributed by atoms with E-state index >= 15 is 0 Å². The topological polar surface area (TPSA) is 41.5 Å². The molecule has 3 nitrogen and oxygen atoms in total. The zero-order chi connectivity index (χ0) is 14.6. The van der Waals surface area contributed by atoms with Gasteiger partial charge in [0.15, 0.2) is 17.5 Å². The predicted molar refractivity (Wildman–Crippen MR) is 67.6 cm³/mol. The molecule has 0 bridgehead atoms. The predicted octanol–water partition coefficient (Wildman–Crippen LogP) is 1.98. The van der Waals surface area contributed by atoms with Crippen molar-refractivity contribution in [3.05, 3.63) is 35.1 Å². The summed E-state index contributed by atoms with van der Waals surface area (Å²) in [6.45, 7) is 1.98. The van der Waals surface area contributed by atoms with E-state index in [9.17, 15) is 18.3 Å². The molecule has 112 valence electrons. The number of rotatable bonds is 5. The molecule has 1 heterocycles. The van der Waals surface area contributed by atoms with Crippen molar-refractivity contribution < 1.29 is 23.0 Å². The maximum Gasteiger partial charge on any atom is 0.194 e. The fraction of sp³-hybridized carbons (Fsp3) is 0.571. The Morgan fingerprint density at radius 1 is 1.15 bits per heavy atom. The Bertz CT molecular complexity index is 439. The quantitative estimate of drug-likeness (QED) is 0.815. The van der Waals surface area contributed by atoms with Crippen LogP contribution < -0.4 is 5.32 Å². The van der Waals surface area contributed by atoms with Crippen LogP contribution in [0.15, 0.2) is 12.1 Å². The molecule has 0 atom stereocenters. The minimum absolute atomic E-state index is 0.0372. The van der Waals surface area contributed by atoms with Gasteiger partial charge in [0.2, 0.25) is 0 Å². The van der Waals surface area contributed by atoms with Crippen LogP contribution in [0, 0.1) is 22.9 Å². The summed E-state index contributed by atoms with van der Waals surface area (Å²) in [6, 6.07) is 1.95. The fourth-order valence-corrected chi connectivity index (χ4v) is 2.38. The molecule has 1 aromatic rings. The minimum atomic E-state index is -1.45. The molecule has 1 fully saturated rings. The van der Waals surface area contributed by atoms with Gasteiger partial charge < -0.3 is 15.2 Å². The molecular formula is C14H18F3NO2. The van der Waals surface area contributed by atoms with Crippen LogP contribution in [0.1, 0.15) is 18.4 Å². The molecule has 6 heteroatoms. The molecule has 1 aliphatic heterocycles. The molecule has 1 aromatic carbocycles. The number of hydrogen-bond acceptors (Lipinski definition) is 3. The van der Waals surface area contributed by atoms with Gasteiger partial charge in [-0.2, -0.15) is 0 Å². The first-order valence-electron chi connectivity index (χ1n) is 6.59. The van der Waals surface area contributed by atoms with E-state index in [2.05, 4.69) is 5.32 Å². The van der Waals surface area contributed by atoms with E-state index in [0.29, 0.717) is 25.3 Å². The van der Waals surface area contributed by atoms with E-state index < -0.39 is 17.5 Å². The van der Waals surface area contributed by atoms with Crippen LogP contribution in [0.5, 0.6) is 0 Å². The Labute approximate surface area is 115 Å². The van der Waals surface area contributed by atoms with Crippen LogP contribution in [-0.2, 0) is 11.3 Å². The van der Waals surface area contributed by atoms with Gasteiger partial charge in [-0.1, -0.05) is 0 Å². The minimum Gasteiger partial charge on any atom is -0.396 e. The summed E-state index contributed by atoms with van der Waals surface area (Å²) in [7, 11) is 0. The van der Waals surface area contributed by atoms with Crippen molar-refractivity contribution in [1.82, 2.24) is 5.32 Å². The molecule has 0 amide bonds. The molecule has 0 aromatic heterocycles. The third kappa shape index (κ3) is 3.50. The Morgan fingerprint density at radius 2 is 1.75 bits per heavy atom. The van der Waals surface area contributed by atoms with Crippen molar-refractivity contribution in [3.8, 4) is 0 Å². The van der Waals surface area contributed by atoms with E-state index in [0.717, 1.165) is 25.0 Å². The highest BCUT2D eigenvalue weighted by Gasteiger charge is 2.31. The van der Waals surface area contributed by atoms with E-state index in [4.69, 9.17) is 4.74 Å². The Hall–Kier alpha value is -1.11. The van der Waals surface area contributed by atoms with Crippen LogP contribution in [0.3, 0.4) is 0 Å². The second-order valence-electron chi connectivity index (χ2n) is 5.25. The summed E-state index contributed by atoms with van der Waals surface area (Å²) in [5.41, 5.74) is 0.0802. The van der Waals surface area contributed by atoms with Gasteiger partial charge in [0.1, 0.15) is 0 Å². The maximum absolute atomic E-state index is 13.1. The molecule has 0 saturated carbocycles. The van der Waals surface area contributed by atoms with Gasteiger partial charge in [0.25, 0.3) is 0 Å². The summed E-state index contributed by atoms with van der Waals surface area (Å²) >= 11 is 0. The van der Waals surface area contributed by atoms with Gasteiger partial charge in [-0.05, 0) is 30.5 Å². The highest BCUT2D eigenvalue weighted by Crippen LogP contribution is 2.29. The van der Waals surface area contributed by atoms with Crippen molar-refractivity contribution >= 4 is 0 Å². The standard InChI is InChI=1S/C14H18F3NO2/c15-11-5-10(6-12(16)13(11)17)7-18-8-14(9-19)1-3-20-4-2-14/h5-6,18-19H,1-4,7-9H2. The van der Waals surface area contributed by atoms with Crippen LogP contribution in [0.4, 0.5) is 13.2 Å². The zero-order valence-electron chi connectivity index (χ0n) is 11.1. The lowest BCUT2D eigenvalue weighted by Crippen LogP contribution is -2.41. The van der Waals surface area contributed by atoms with Gasteiger partial charge >= 0.3 is 0 Å². The van der Waals surface area contributed by atoms with Crippen molar-refractivity contribution in [2.75, 3.05) is 26.4 Å². The zero-order valence-corrected chi connectivity index (χ0v) is 11.1. The molecule has 2 rings (SSSR count). The highest BCUT2D eigenvalue weighted by molar-refractivity contribution is 5.19. The molecular weight excluding hydrogens is 271 g/mol. The van der Waals surface area contributed by atoms with E-state index in [1.165, 1.54) is 0 Å². The average molecular weight is 289 g/mol. The number of hydrogen-bond donors (Lipinski definition) is 2. The highest BCUT2D eigenvalue weighted by atomic mass is 19.2. The van der Waals surface area contributed by atoms with E-state index in [1.54, 1.807) is 0 Å². The molecule has 2 N–H and O–H groups in total. The van der Waals surface area contributed by atoms with E-state index in [1.807, 2.05) is 0 Å². The van der Waals surface area contributed by atoms with Gasteiger partial charge in [0, 0.05) is 31.7 Å². The van der Waals surface area contributed by atoms with Crippen LogP contribution in [0.2, 0.25) is 0 Å². The Morgan fingerprint density at radius 3 is 2.30 bits per heavy atom. The Kier molecular flexibility index (Phi) is 5.01. The first-order chi connectivity index (χ1) is 9.56. The number of ether oxygens (including phenoxy) is 1. The van der Waals surface area contributed by atoms with Crippen molar-refractivity contribution in [1.29, 1.82) is 0 Å². The number of nitrogens with one attached hydrogen (secondary N) is 1. The van der Waals surface area contributed by atoms with Crippen molar-refractivity contribution in [2.45, 2.75) is 19.4 Å². The number of aliphatic hydroxyl groups is 1. The summed E-state index contributed by atoms with van der Waals surface area (Å²) in [5.74, 6) is -3.83. The molecule has 1 aliphatic rings. The monoisotopic (exact) mass is 289 g/mol. The van der Waals surface area contributed by atoms with Crippen molar-refractivity contribution in [3.63, 3.8) is 0 Å². The fourth-order valence-electron chi connectivity index (χ4n) is 2.38. The van der Waals surface area contributed by atoms with Crippen molar-refractivity contribution in [2.24, 2.45) is 5.41 Å². The largest absolute Gasteiger partial charge is 0.396 e. The average Bonchev–Trinajstić information content (AvgIpc) is 2.45. The lowest BCUT2D eigenvalue weighted by Gasteiger charge is -2.35. The summed E-state index contributed by atoms with van der Waals surface area (Å²) in [6.07, 6.45) is 1.48. The lowest BCUT2D eigenvalue weighted by atomic mass is 9.81. The van der Waals surface area contributed by atoms with E-state index in [-0.39, 0.29) is 18.6 Å². The van der Waals surface area contributed by atoms with Gasteiger partial charge in [-0.3, -0.25) is 0 Å². The third-order valence-corrected chi connectivity index (χ3v) is 3.76. The number of benzene rings is 1. The number of aliphatic hydroxyl groups excluding tert-OH is 1. The second-order valence-corrected chi connectivity index (χ2v) is 5.25. The van der Waals surface area contributed by atoms with Crippen LogP contribution in [0.25, 0.3) is 0 Å². The molecule has 20 heavy (non-hydrogen) atoms. The van der Waals surface area contributed by atoms with Gasteiger partial charge in [-0.15, -0.1) is 0 Å². The molecule has 0 unspecified atom stereocenters.